The molecular formula is C25H29N5O5S. The van der Waals surface area contributed by atoms with Gasteiger partial charge in [0.2, 0.25) is 11.8 Å². The van der Waals surface area contributed by atoms with Crippen LogP contribution >= 0.6 is 11.8 Å². The zero-order chi connectivity index (χ0) is 26.1. The van der Waals surface area contributed by atoms with Crippen LogP contribution < -0.4 is 15.4 Å². The molecule has 190 valence electrons. The monoisotopic (exact) mass is 511 g/mol. The second-order valence-electron chi connectivity index (χ2n) is 7.85. The van der Waals surface area contributed by atoms with Crippen LogP contribution in [0.3, 0.4) is 0 Å². The van der Waals surface area contributed by atoms with E-state index in [1.54, 1.807) is 49.9 Å². The fourth-order valence-corrected chi connectivity index (χ4v) is 4.06. The molecule has 0 spiro atoms. The van der Waals surface area contributed by atoms with Gasteiger partial charge in [-0.25, -0.2) is 4.79 Å². The summed E-state index contributed by atoms with van der Waals surface area (Å²) < 4.78 is 11.8. The minimum absolute atomic E-state index is 0.115. The Labute approximate surface area is 213 Å². The highest BCUT2D eigenvalue weighted by Gasteiger charge is 2.18. The number of esters is 1. The molecule has 10 nitrogen and oxygen atoms in total. The fourth-order valence-electron chi connectivity index (χ4n) is 3.35. The summed E-state index contributed by atoms with van der Waals surface area (Å²) in [6.07, 6.45) is 0.231. The number of nitrogens with zero attached hydrogens (tertiary/aromatic N) is 3. The summed E-state index contributed by atoms with van der Waals surface area (Å²) in [5.41, 5.74) is 1.86. The van der Waals surface area contributed by atoms with Gasteiger partial charge in [0.1, 0.15) is 5.75 Å². The first-order chi connectivity index (χ1) is 17.3. The number of carbonyl (C=O) groups is 3. The van der Waals surface area contributed by atoms with Crippen molar-refractivity contribution in [2.75, 3.05) is 24.8 Å². The second kappa shape index (κ2) is 12.7. The average molecular weight is 512 g/mol. The normalized spacial score (nSPS) is 11.4. The lowest BCUT2D eigenvalue weighted by Gasteiger charge is -2.14. The van der Waals surface area contributed by atoms with E-state index in [9.17, 15) is 14.4 Å². The summed E-state index contributed by atoms with van der Waals surface area (Å²) in [6.45, 7) is 3.87. The second-order valence-corrected chi connectivity index (χ2v) is 8.79. The molecule has 0 unspecified atom stereocenters. The van der Waals surface area contributed by atoms with E-state index < -0.39 is 5.97 Å². The Kier molecular flexibility index (Phi) is 9.46. The number of amides is 2. The average Bonchev–Trinajstić information content (AvgIpc) is 3.24. The van der Waals surface area contributed by atoms with Crippen molar-refractivity contribution >= 4 is 35.2 Å². The molecular weight excluding hydrogens is 482 g/mol. The van der Waals surface area contributed by atoms with Crippen molar-refractivity contribution in [2.45, 2.75) is 31.5 Å². The highest BCUT2D eigenvalue weighted by atomic mass is 32.2. The third-order valence-corrected chi connectivity index (χ3v) is 6.19. The standard InChI is InChI=1S/C25H29N5O5S/c1-5-35-24(33)18-8-10-19(11-9-18)27-22(32)15-36-25-29-28-23(30(25)3)16(2)26-21(31)14-17-6-12-20(34-4)13-7-17/h6-13,16H,5,14-15H2,1-4H3,(H,26,31)(H,27,32)/t16-/m1/s1. The van der Waals surface area contributed by atoms with Crippen LogP contribution in [-0.4, -0.2) is 52.0 Å². The Morgan fingerprint density at radius 1 is 1.03 bits per heavy atom. The molecule has 0 saturated heterocycles. The minimum atomic E-state index is -0.407. The zero-order valence-electron chi connectivity index (χ0n) is 20.6. The van der Waals surface area contributed by atoms with Gasteiger partial charge >= 0.3 is 5.97 Å². The summed E-state index contributed by atoms with van der Waals surface area (Å²) in [4.78, 5) is 36.6. The van der Waals surface area contributed by atoms with Crippen molar-refractivity contribution in [3.05, 3.63) is 65.5 Å². The molecule has 3 rings (SSSR count). The van der Waals surface area contributed by atoms with Gasteiger partial charge in [0, 0.05) is 12.7 Å². The van der Waals surface area contributed by atoms with Crippen LogP contribution in [-0.2, 0) is 27.8 Å². The fraction of sp³-hybridized carbons (Fsp3) is 0.320. The molecule has 0 bridgehead atoms. The Balaban J connectivity index is 1.49. The molecule has 11 heteroatoms. The molecule has 3 aromatic rings. The molecule has 0 radical (unpaired) electrons. The third kappa shape index (κ3) is 7.32. The molecule has 2 N–H and O–H groups in total. The van der Waals surface area contributed by atoms with Gasteiger partial charge in [0.15, 0.2) is 11.0 Å². The number of hydrogen-bond acceptors (Lipinski definition) is 8. The molecule has 0 aliphatic carbocycles. The van der Waals surface area contributed by atoms with E-state index in [-0.39, 0.29) is 30.0 Å². The highest BCUT2D eigenvalue weighted by Crippen LogP contribution is 2.20. The number of ether oxygens (including phenoxy) is 2. The summed E-state index contributed by atoms with van der Waals surface area (Å²) in [6, 6.07) is 13.4. The first-order valence-corrected chi connectivity index (χ1v) is 12.3. The molecule has 1 aromatic heterocycles. The van der Waals surface area contributed by atoms with Gasteiger partial charge in [-0.3, -0.25) is 9.59 Å². The van der Waals surface area contributed by atoms with E-state index in [1.165, 1.54) is 11.8 Å². The molecule has 2 aromatic carbocycles. The van der Waals surface area contributed by atoms with E-state index in [4.69, 9.17) is 9.47 Å². The van der Waals surface area contributed by atoms with E-state index >= 15 is 0 Å². The smallest absolute Gasteiger partial charge is 0.338 e. The first-order valence-electron chi connectivity index (χ1n) is 11.3. The lowest BCUT2D eigenvalue weighted by molar-refractivity contribution is -0.121. The number of hydrogen-bond donors (Lipinski definition) is 2. The Morgan fingerprint density at radius 2 is 1.72 bits per heavy atom. The van der Waals surface area contributed by atoms with E-state index in [0.717, 1.165) is 11.3 Å². The van der Waals surface area contributed by atoms with Crippen molar-refractivity contribution < 1.29 is 23.9 Å². The summed E-state index contributed by atoms with van der Waals surface area (Å²) in [5, 5.41) is 14.6. The van der Waals surface area contributed by atoms with Crippen LogP contribution in [0.1, 0.15) is 41.6 Å². The third-order valence-electron chi connectivity index (χ3n) is 5.17. The summed E-state index contributed by atoms with van der Waals surface area (Å²) >= 11 is 1.23. The number of rotatable bonds is 11. The predicted octanol–water partition coefficient (Wildman–Crippen LogP) is 3.15. The maximum absolute atomic E-state index is 12.5. The number of anilines is 1. The van der Waals surface area contributed by atoms with Gasteiger partial charge in [0.25, 0.3) is 0 Å². The van der Waals surface area contributed by atoms with Gasteiger partial charge in [-0.2, -0.15) is 0 Å². The number of thioether (sulfide) groups is 1. The van der Waals surface area contributed by atoms with Crippen LogP contribution in [0.4, 0.5) is 5.69 Å². The summed E-state index contributed by atoms with van der Waals surface area (Å²) in [7, 11) is 3.38. The zero-order valence-corrected chi connectivity index (χ0v) is 21.4. The molecule has 1 heterocycles. The molecule has 2 amide bonds. The van der Waals surface area contributed by atoms with E-state index in [1.807, 2.05) is 31.2 Å². The largest absolute Gasteiger partial charge is 0.497 e. The Morgan fingerprint density at radius 3 is 2.36 bits per heavy atom. The molecule has 0 fully saturated rings. The quantitative estimate of drug-likeness (QED) is 0.297. The van der Waals surface area contributed by atoms with Crippen LogP contribution in [0.5, 0.6) is 5.75 Å². The number of aromatic nitrogens is 3. The summed E-state index contributed by atoms with van der Waals surface area (Å²) in [5.74, 6) is 0.652. The number of carbonyl (C=O) groups excluding carboxylic acids is 3. The molecule has 36 heavy (non-hydrogen) atoms. The number of methoxy groups -OCH3 is 1. The van der Waals surface area contributed by atoms with Gasteiger partial charge < -0.3 is 24.7 Å². The van der Waals surface area contributed by atoms with Crippen LogP contribution in [0.25, 0.3) is 0 Å². The lowest BCUT2D eigenvalue weighted by atomic mass is 10.1. The topological polar surface area (TPSA) is 124 Å². The van der Waals surface area contributed by atoms with Gasteiger partial charge in [-0.05, 0) is 55.8 Å². The van der Waals surface area contributed by atoms with Gasteiger partial charge in [0.05, 0.1) is 37.5 Å². The first kappa shape index (κ1) is 26.7. The van der Waals surface area contributed by atoms with Crippen LogP contribution in [0, 0.1) is 0 Å². The molecule has 1 atom stereocenters. The predicted molar refractivity (Wildman–Crippen MR) is 136 cm³/mol. The van der Waals surface area contributed by atoms with Crippen molar-refractivity contribution in [3.63, 3.8) is 0 Å². The van der Waals surface area contributed by atoms with Crippen molar-refractivity contribution in [1.29, 1.82) is 0 Å². The minimum Gasteiger partial charge on any atom is -0.497 e. The maximum atomic E-state index is 12.5. The van der Waals surface area contributed by atoms with Crippen molar-refractivity contribution in [1.82, 2.24) is 20.1 Å². The Bertz CT molecular complexity index is 1190. The number of nitrogens with one attached hydrogen (secondary N) is 2. The van der Waals surface area contributed by atoms with Gasteiger partial charge in [-0.1, -0.05) is 23.9 Å². The Hall–Kier alpha value is -3.86. The van der Waals surface area contributed by atoms with Crippen molar-refractivity contribution in [2.24, 2.45) is 7.05 Å². The van der Waals surface area contributed by atoms with E-state index in [2.05, 4.69) is 20.8 Å². The molecule has 0 aliphatic rings. The molecule has 0 saturated carbocycles. The van der Waals surface area contributed by atoms with Crippen LogP contribution in [0.2, 0.25) is 0 Å². The van der Waals surface area contributed by atoms with Gasteiger partial charge in [-0.15, -0.1) is 10.2 Å². The SMILES string of the molecule is CCOC(=O)c1ccc(NC(=O)CSc2nnc([C@@H](C)NC(=O)Cc3ccc(OC)cc3)n2C)cc1. The van der Waals surface area contributed by atoms with Crippen LogP contribution in [0.15, 0.2) is 53.7 Å². The van der Waals surface area contributed by atoms with E-state index in [0.29, 0.717) is 28.8 Å². The maximum Gasteiger partial charge on any atom is 0.338 e. The van der Waals surface area contributed by atoms with Crippen molar-refractivity contribution in [3.8, 4) is 5.75 Å². The number of benzene rings is 2. The molecule has 0 aliphatic heterocycles. The lowest BCUT2D eigenvalue weighted by Crippen LogP contribution is -2.29. The highest BCUT2D eigenvalue weighted by molar-refractivity contribution is 7.99.